The van der Waals surface area contributed by atoms with E-state index in [1.807, 2.05) is 32.9 Å². The molecule has 0 spiro atoms. The lowest BCUT2D eigenvalue weighted by molar-refractivity contribution is 0.0712. The lowest BCUT2D eigenvalue weighted by Gasteiger charge is -2.20. The fraction of sp³-hybridized carbons (Fsp3) is 0.474. The van der Waals surface area contributed by atoms with Crippen molar-refractivity contribution in [2.45, 2.75) is 52.4 Å². The van der Waals surface area contributed by atoms with Crippen LogP contribution >= 0.6 is 0 Å². The van der Waals surface area contributed by atoms with E-state index in [4.69, 9.17) is 14.0 Å². The van der Waals surface area contributed by atoms with E-state index in [0.717, 1.165) is 36.5 Å². The number of rotatable bonds is 6. The smallest absolute Gasteiger partial charge is 0.251 e. The second-order valence-corrected chi connectivity index (χ2v) is 6.43. The Morgan fingerprint density at radius 3 is 2.96 bits per heavy atom. The van der Waals surface area contributed by atoms with Crippen molar-refractivity contribution in [2.24, 2.45) is 0 Å². The van der Waals surface area contributed by atoms with E-state index >= 15 is 0 Å². The van der Waals surface area contributed by atoms with Crippen molar-refractivity contribution in [3.8, 4) is 5.75 Å². The molecule has 2 aromatic rings. The summed E-state index contributed by atoms with van der Waals surface area (Å²) in [4.78, 5) is 12.5. The van der Waals surface area contributed by atoms with Gasteiger partial charge in [-0.15, -0.1) is 0 Å². The molecule has 1 N–H and O–H groups in total. The van der Waals surface area contributed by atoms with Gasteiger partial charge in [-0.1, -0.05) is 11.2 Å². The van der Waals surface area contributed by atoms with Crippen LogP contribution in [0.15, 0.2) is 28.8 Å². The van der Waals surface area contributed by atoms with Gasteiger partial charge in [-0.3, -0.25) is 4.79 Å². The topological polar surface area (TPSA) is 73.6 Å². The van der Waals surface area contributed by atoms with Crippen LogP contribution in [0.3, 0.4) is 0 Å². The zero-order chi connectivity index (χ0) is 17.8. The molecule has 0 radical (unpaired) electrons. The van der Waals surface area contributed by atoms with Crippen molar-refractivity contribution in [1.82, 2.24) is 10.5 Å². The van der Waals surface area contributed by atoms with Crippen LogP contribution in [0.1, 0.15) is 47.1 Å². The summed E-state index contributed by atoms with van der Waals surface area (Å²) in [5, 5.41) is 6.92. The molecule has 0 bridgehead atoms. The summed E-state index contributed by atoms with van der Waals surface area (Å²) in [6.45, 7) is 6.85. The Kier molecular flexibility index (Phi) is 5.38. The molecule has 1 aliphatic rings. The molecule has 6 nitrogen and oxygen atoms in total. The number of ether oxygens (including phenoxy) is 2. The standard InChI is InChI=1S/C19H24N2O4/c1-12-17(14(3)25-21-12)11-24-16-7-4-6-15(10-16)19(22)20-13(2)18-8-5-9-23-18/h4,6-7,10,13,18H,5,8-9,11H2,1-3H3,(H,20,22)/t13-,18-/m0/s1. The van der Waals surface area contributed by atoms with Crippen molar-refractivity contribution in [1.29, 1.82) is 0 Å². The Morgan fingerprint density at radius 2 is 2.28 bits per heavy atom. The summed E-state index contributed by atoms with van der Waals surface area (Å²) >= 11 is 0. The molecular formula is C19H24N2O4. The number of aromatic nitrogens is 1. The fourth-order valence-electron chi connectivity index (χ4n) is 2.97. The van der Waals surface area contributed by atoms with E-state index in [-0.39, 0.29) is 18.1 Å². The van der Waals surface area contributed by atoms with Crippen LogP contribution in [-0.2, 0) is 11.3 Å². The Balaban J connectivity index is 1.61. The predicted octanol–water partition coefficient (Wildman–Crippen LogP) is 3.17. The normalized spacial score (nSPS) is 18.1. The van der Waals surface area contributed by atoms with Gasteiger partial charge < -0.3 is 19.3 Å². The van der Waals surface area contributed by atoms with E-state index in [9.17, 15) is 4.79 Å². The monoisotopic (exact) mass is 344 g/mol. The van der Waals surface area contributed by atoms with E-state index < -0.39 is 0 Å². The predicted molar refractivity (Wildman–Crippen MR) is 92.7 cm³/mol. The van der Waals surface area contributed by atoms with Crippen molar-refractivity contribution in [2.75, 3.05) is 6.61 Å². The molecule has 0 saturated carbocycles. The summed E-state index contributed by atoms with van der Waals surface area (Å²) < 4.78 is 16.6. The molecule has 3 rings (SSSR count). The third-order valence-corrected chi connectivity index (χ3v) is 4.54. The number of carbonyl (C=O) groups is 1. The lowest BCUT2D eigenvalue weighted by Crippen LogP contribution is -2.40. The van der Waals surface area contributed by atoms with Gasteiger partial charge in [-0.25, -0.2) is 0 Å². The summed E-state index contributed by atoms with van der Waals surface area (Å²) in [6.07, 6.45) is 2.14. The molecule has 2 atom stereocenters. The Bertz CT molecular complexity index is 715. The van der Waals surface area contributed by atoms with Crippen LogP contribution in [0.5, 0.6) is 5.75 Å². The molecule has 6 heteroatoms. The van der Waals surface area contributed by atoms with Gasteiger partial charge in [0.15, 0.2) is 0 Å². The third-order valence-electron chi connectivity index (χ3n) is 4.54. The zero-order valence-corrected chi connectivity index (χ0v) is 14.9. The lowest BCUT2D eigenvalue weighted by atomic mass is 10.1. The number of benzene rings is 1. The fourth-order valence-corrected chi connectivity index (χ4v) is 2.97. The number of hydrogen-bond donors (Lipinski definition) is 1. The number of carbonyl (C=O) groups excluding carboxylic acids is 1. The van der Waals surface area contributed by atoms with Crippen LogP contribution in [-0.4, -0.2) is 29.8 Å². The Morgan fingerprint density at radius 1 is 1.44 bits per heavy atom. The van der Waals surface area contributed by atoms with Gasteiger partial charge in [0, 0.05) is 12.2 Å². The highest BCUT2D eigenvalue weighted by Crippen LogP contribution is 2.19. The van der Waals surface area contributed by atoms with Gasteiger partial charge in [0.1, 0.15) is 18.1 Å². The maximum Gasteiger partial charge on any atom is 0.251 e. The molecule has 134 valence electrons. The van der Waals surface area contributed by atoms with Gasteiger partial charge in [-0.2, -0.15) is 0 Å². The number of nitrogens with one attached hydrogen (secondary N) is 1. The average Bonchev–Trinajstić information content (AvgIpc) is 3.24. The summed E-state index contributed by atoms with van der Waals surface area (Å²) in [5.41, 5.74) is 2.32. The highest BCUT2D eigenvalue weighted by molar-refractivity contribution is 5.94. The van der Waals surface area contributed by atoms with E-state index in [1.54, 1.807) is 12.1 Å². The zero-order valence-electron chi connectivity index (χ0n) is 14.9. The molecule has 1 saturated heterocycles. The number of hydrogen-bond acceptors (Lipinski definition) is 5. The first-order chi connectivity index (χ1) is 12.0. The molecule has 0 unspecified atom stereocenters. The summed E-state index contributed by atoms with van der Waals surface area (Å²) in [5.74, 6) is 1.26. The maximum atomic E-state index is 12.5. The minimum absolute atomic E-state index is 0.0121. The minimum atomic E-state index is -0.120. The highest BCUT2D eigenvalue weighted by Gasteiger charge is 2.24. The second-order valence-electron chi connectivity index (χ2n) is 6.43. The molecule has 1 aliphatic heterocycles. The number of nitrogens with zero attached hydrogens (tertiary/aromatic N) is 1. The molecule has 1 fully saturated rings. The summed E-state index contributed by atoms with van der Waals surface area (Å²) in [7, 11) is 0. The van der Waals surface area contributed by atoms with E-state index in [2.05, 4.69) is 10.5 Å². The largest absolute Gasteiger partial charge is 0.489 e. The van der Waals surface area contributed by atoms with Crippen LogP contribution < -0.4 is 10.1 Å². The average molecular weight is 344 g/mol. The summed E-state index contributed by atoms with van der Waals surface area (Å²) in [6, 6.07) is 7.16. The van der Waals surface area contributed by atoms with E-state index in [1.165, 1.54) is 0 Å². The molecule has 0 aliphatic carbocycles. The molecule has 25 heavy (non-hydrogen) atoms. The maximum absolute atomic E-state index is 12.5. The van der Waals surface area contributed by atoms with Gasteiger partial charge in [0.2, 0.25) is 0 Å². The number of amides is 1. The van der Waals surface area contributed by atoms with Crippen molar-refractivity contribution in [3.05, 3.63) is 46.8 Å². The molecule has 2 heterocycles. The quantitative estimate of drug-likeness (QED) is 0.871. The first-order valence-electron chi connectivity index (χ1n) is 8.61. The SMILES string of the molecule is Cc1noc(C)c1COc1cccc(C(=O)N[C@@H](C)[C@@H]2CCCO2)c1. The molecular weight excluding hydrogens is 320 g/mol. The van der Waals surface area contributed by atoms with Crippen LogP contribution in [0.2, 0.25) is 0 Å². The van der Waals surface area contributed by atoms with Gasteiger partial charge in [0.05, 0.1) is 23.4 Å². The third kappa shape index (κ3) is 4.20. The second kappa shape index (κ2) is 7.70. The minimum Gasteiger partial charge on any atom is -0.489 e. The Labute approximate surface area is 147 Å². The number of aryl methyl sites for hydroxylation is 2. The van der Waals surface area contributed by atoms with Crippen molar-refractivity contribution in [3.63, 3.8) is 0 Å². The van der Waals surface area contributed by atoms with E-state index in [0.29, 0.717) is 17.9 Å². The first kappa shape index (κ1) is 17.5. The molecule has 1 aromatic carbocycles. The van der Waals surface area contributed by atoms with Crippen LogP contribution in [0, 0.1) is 13.8 Å². The van der Waals surface area contributed by atoms with Gasteiger partial charge >= 0.3 is 0 Å². The highest BCUT2D eigenvalue weighted by atomic mass is 16.5. The van der Waals surface area contributed by atoms with Gasteiger partial charge in [0.25, 0.3) is 5.91 Å². The first-order valence-corrected chi connectivity index (χ1v) is 8.61. The van der Waals surface area contributed by atoms with Crippen molar-refractivity contribution < 1.29 is 18.8 Å². The Hall–Kier alpha value is -2.34. The van der Waals surface area contributed by atoms with Crippen LogP contribution in [0.4, 0.5) is 0 Å². The van der Waals surface area contributed by atoms with Crippen molar-refractivity contribution >= 4 is 5.91 Å². The van der Waals surface area contributed by atoms with Gasteiger partial charge in [-0.05, 0) is 51.8 Å². The molecule has 1 amide bonds. The molecule has 1 aromatic heterocycles. The van der Waals surface area contributed by atoms with Crippen LogP contribution in [0.25, 0.3) is 0 Å².